The van der Waals surface area contributed by atoms with Crippen LogP contribution in [0.2, 0.25) is 0 Å². The maximum Gasteiger partial charge on any atom is 0.434 e. The molecule has 3 saturated heterocycles. The average Bonchev–Trinajstić information content (AvgIpc) is 3.83. The second-order valence-corrected chi connectivity index (χ2v) is 11.8. The number of fused-ring (bicyclic) bond motifs is 1. The summed E-state index contributed by atoms with van der Waals surface area (Å²) in [6, 6.07) is 16.0. The van der Waals surface area contributed by atoms with Gasteiger partial charge in [0.1, 0.15) is 11.4 Å². The molecule has 6 rings (SSSR count). The van der Waals surface area contributed by atoms with Crippen LogP contribution in [0.5, 0.6) is 5.75 Å². The van der Waals surface area contributed by atoms with Crippen LogP contribution in [-0.4, -0.2) is 84.4 Å². The number of nitrogens with one attached hydrogen (secondary N) is 1. The molecule has 1 N–H and O–H groups in total. The van der Waals surface area contributed by atoms with Crippen LogP contribution in [0.4, 0.5) is 13.2 Å². The van der Waals surface area contributed by atoms with Gasteiger partial charge in [0.05, 0.1) is 37.4 Å². The van der Waals surface area contributed by atoms with Gasteiger partial charge in [-0.2, -0.15) is 18.3 Å². The molecule has 3 aliphatic rings. The Bertz CT molecular complexity index is 1460. The van der Waals surface area contributed by atoms with Crippen molar-refractivity contribution in [3.8, 4) is 11.4 Å². The third-order valence-corrected chi connectivity index (χ3v) is 8.98. The number of amides is 2. The molecule has 234 valence electrons. The Morgan fingerprint density at radius 3 is 2.41 bits per heavy atom. The molecule has 0 aliphatic carbocycles. The molecule has 2 aromatic carbocycles. The van der Waals surface area contributed by atoms with Gasteiger partial charge in [-0.1, -0.05) is 42.5 Å². The molecule has 0 bridgehead atoms. The summed E-state index contributed by atoms with van der Waals surface area (Å²) in [5, 5.41) is 7.20. The van der Waals surface area contributed by atoms with Gasteiger partial charge in [-0.05, 0) is 42.4 Å². The predicted octanol–water partition coefficient (Wildman–Crippen LogP) is 4.19. The Morgan fingerprint density at radius 1 is 1.05 bits per heavy atom. The number of carbonyl (C=O) groups is 2. The fourth-order valence-electron chi connectivity index (χ4n) is 6.72. The SMILES string of the molecule is COc1ccccc1-n1ncc(C(=O)N2CC3CN(CCC(NC(=O)C4CCOC4)c4ccccc4)C[C@H]3C2)c1C(F)(F)F. The zero-order chi connectivity index (χ0) is 30.8. The molecule has 3 aromatic rings. The summed E-state index contributed by atoms with van der Waals surface area (Å²) >= 11 is 0. The minimum atomic E-state index is -4.80. The van der Waals surface area contributed by atoms with Gasteiger partial charge in [0, 0.05) is 39.3 Å². The summed E-state index contributed by atoms with van der Waals surface area (Å²) in [5.41, 5.74) is -0.417. The number of alkyl halides is 3. The van der Waals surface area contributed by atoms with Gasteiger partial charge in [-0.3, -0.25) is 9.59 Å². The first-order valence-electron chi connectivity index (χ1n) is 15.0. The van der Waals surface area contributed by atoms with Crippen LogP contribution in [0.25, 0.3) is 5.69 Å². The molecule has 0 radical (unpaired) electrons. The molecule has 4 atom stereocenters. The maximum absolute atomic E-state index is 14.3. The highest BCUT2D eigenvalue weighted by Crippen LogP contribution is 2.38. The fourth-order valence-corrected chi connectivity index (χ4v) is 6.72. The van der Waals surface area contributed by atoms with E-state index in [0.717, 1.165) is 48.9 Å². The number of carbonyl (C=O) groups excluding carboxylic acids is 2. The largest absolute Gasteiger partial charge is 0.494 e. The summed E-state index contributed by atoms with van der Waals surface area (Å²) in [4.78, 5) is 30.2. The van der Waals surface area contributed by atoms with E-state index in [4.69, 9.17) is 9.47 Å². The number of hydrogen-bond donors (Lipinski definition) is 1. The van der Waals surface area contributed by atoms with Crippen molar-refractivity contribution in [2.75, 3.05) is 53.0 Å². The molecule has 44 heavy (non-hydrogen) atoms. The third-order valence-electron chi connectivity index (χ3n) is 8.98. The first-order valence-corrected chi connectivity index (χ1v) is 15.0. The molecular formula is C32H36F3N5O4. The lowest BCUT2D eigenvalue weighted by Gasteiger charge is -2.25. The summed E-state index contributed by atoms with van der Waals surface area (Å²) < 4.78 is 54.3. The van der Waals surface area contributed by atoms with E-state index in [0.29, 0.717) is 26.3 Å². The lowest BCUT2D eigenvalue weighted by atomic mass is 10.0. The topological polar surface area (TPSA) is 88.9 Å². The van der Waals surface area contributed by atoms with Crippen LogP contribution in [0.1, 0.15) is 40.5 Å². The number of rotatable bonds is 9. The molecule has 3 aliphatic heterocycles. The molecule has 2 amide bonds. The van der Waals surface area contributed by atoms with Crippen LogP contribution < -0.4 is 10.1 Å². The van der Waals surface area contributed by atoms with Crippen molar-refractivity contribution in [3.05, 3.63) is 77.6 Å². The highest BCUT2D eigenvalue weighted by Gasteiger charge is 2.46. The third kappa shape index (κ3) is 6.18. The number of likely N-dealkylation sites (tertiary alicyclic amines) is 2. The normalized spacial score (nSPS) is 22.6. The second-order valence-electron chi connectivity index (χ2n) is 11.8. The highest BCUT2D eigenvalue weighted by molar-refractivity contribution is 5.95. The zero-order valence-corrected chi connectivity index (χ0v) is 24.5. The van der Waals surface area contributed by atoms with Crippen molar-refractivity contribution in [3.63, 3.8) is 0 Å². The van der Waals surface area contributed by atoms with Gasteiger partial charge < -0.3 is 24.6 Å². The Hall–Kier alpha value is -3.90. The first-order chi connectivity index (χ1) is 21.2. The summed E-state index contributed by atoms with van der Waals surface area (Å²) in [5.74, 6) is -0.234. The zero-order valence-electron chi connectivity index (χ0n) is 24.5. The minimum Gasteiger partial charge on any atom is -0.494 e. The quantitative estimate of drug-likeness (QED) is 0.391. The van der Waals surface area contributed by atoms with E-state index < -0.39 is 23.3 Å². The van der Waals surface area contributed by atoms with E-state index in [-0.39, 0.29) is 41.1 Å². The van der Waals surface area contributed by atoms with Crippen LogP contribution in [-0.2, 0) is 15.7 Å². The molecule has 1 aromatic heterocycles. The lowest BCUT2D eigenvalue weighted by molar-refractivity contribution is -0.143. The van der Waals surface area contributed by atoms with E-state index in [1.54, 1.807) is 18.2 Å². The van der Waals surface area contributed by atoms with Gasteiger partial charge in [0.25, 0.3) is 5.91 Å². The average molecular weight is 612 g/mol. The Morgan fingerprint density at radius 2 is 1.75 bits per heavy atom. The number of ether oxygens (including phenoxy) is 2. The van der Waals surface area contributed by atoms with E-state index in [1.807, 2.05) is 30.3 Å². The van der Waals surface area contributed by atoms with Gasteiger partial charge in [0.15, 0.2) is 5.69 Å². The second kappa shape index (κ2) is 12.6. The van der Waals surface area contributed by atoms with Gasteiger partial charge in [-0.25, -0.2) is 4.68 Å². The Kier molecular flexibility index (Phi) is 8.64. The van der Waals surface area contributed by atoms with Crippen LogP contribution in [0.3, 0.4) is 0 Å². The standard InChI is InChI=1S/C32H36F3N5O4/c1-43-28-10-6-5-9-27(28)40-29(32(33,34)35)25(15-36-40)31(42)39-18-23-16-38(17-24(23)19-39)13-11-26(21-7-3-2-4-8-21)37-30(41)22-12-14-44-20-22/h2-10,15,22-24,26H,11-14,16-20H2,1H3,(H,37,41)/t22?,23-,24?,26?/m0/s1. The number of nitrogens with zero attached hydrogens (tertiary/aromatic N) is 4. The van der Waals surface area contributed by atoms with Crippen molar-refractivity contribution in [1.82, 2.24) is 24.9 Å². The smallest absolute Gasteiger partial charge is 0.434 e. The van der Waals surface area contributed by atoms with Crippen LogP contribution in [0.15, 0.2) is 60.8 Å². The van der Waals surface area contributed by atoms with Gasteiger partial charge in [-0.15, -0.1) is 0 Å². The highest BCUT2D eigenvalue weighted by atomic mass is 19.4. The summed E-state index contributed by atoms with van der Waals surface area (Å²) in [6.07, 6.45) is -2.34. The molecule has 12 heteroatoms. The fraction of sp³-hybridized carbons (Fsp3) is 0.469. The summed E-state index contributed by atoms with van der Waals surface area (Å²) in [6.45, 7) is 4.07. The van der Waals surface area contributed by atoms with E-state index in [2.05, 4.69) is 15.3 Å². The van der Waals surface area contributed by atoms with Crippen molar-refractivity contribution < 1.29 is 32.2 Å². The molecular weight excluding hydrogens is 575 g/mol. The Labute approximate surface area is 253 Å². The monoisotopic (exact) mass is 611 g/mol. The Balaban J connectivity index is 1.10. The molecule has 4 heterocycles. The van der Waals surface area contributed by atoms with E-state index >= 15 is 0 Å². The number of halogens is 3. The number of methoxy groups -OCH3 is 1. The van der Waals surface area contributed by atoms with Crippen molar-refractivity contribution in [1.29, 1.82) is 0 Å². The van der Waals surface area contributed by atoms with E-state index in [1.165, 1.54) is 18.1 Å². The molecule has 3 fully saturated rings. The molecule has 3 unspecified atom stereocenters. The number of para-hydroxylation sites is 2. The van der Waals surface area contributed by atoms with Crippen molar-refractivity contribution in [2.45, 2.75) is 25.1 Å². The number of hydrogen-bond acceptors (Lipinski definition) is 6. The van der Waals surface area contributed by atoms with Crippen LogP contribution in [0, 0.1) is 17.8 Å². The maximum atomic E-state index is 14.3. The van der Waals surface area contributed by atoms with Gasteiger partial charge >= 0.3 is 6.18 Å². The van der Waals surface area contributed by atoms with Gasteiger partial charge in [0.2, 0.25) is 5.91 Å². The number of aromatic nitrogens is 2. The van der Waals surface area contributed by atoms with Crippen molar-refractivity contribution in [2.24, 2.45) is 17.8 Å². The molecule has 0 saturated carbocycles. The summed E-state index contributed by atoms with van der Waals surface area (Å²) in [7, 11) is 1.37. The van der Waals surface area contributed by atoms with Crippen LogP contribution >= 0.6 is 0 Å². The minimum absolute atomic E-state index is 0.0102. The predicted molar refractivity (Wildman–Crippen MR) is 155 cm³/mol. The van der Waals surface area contributed by atoms with Crippen molar-refractivity contribution >= 4 is 11.8 Å². The van der Waals surface area contributed by atoms with E-state index in [9.17, 15) is 22.8 Å². The first kappa shape index (κ1) is 30.1. The molecule has 0 spiro atoms. The molecule has 9 nitrogen and oxygen atoms in total. The lowest BCUT2D eigenvalue weighted by Crippen LogP contribution is -2.37. The number of benzene rings is 2.